The number of fused-ring (bicyclic) bond motifs is 1. The first kappa shape index (κ1) is 11.2. The van der Waals surface area contributed by atoms with Gasteiger partial charge in [-0.15, -0.1) is 0 Å². The average Bonchev–Trinajstić information content (AvgIpc) is 2.77. The third-order valence-corrected chi connectivity index (χ3v) is 3.38. The zero-order valence-corrected chi connectivity index (χ0v) is 10.8. The molecule has 6 nitrogen and oxygen atoms in total. The van der Waals surface area contributed by atoms with Crippen molar-refractivity contribution in [2.24, 2.45) is 0 Å². The molecule has 2 aromatic heterocycles. The number of aromatic nitrogens is 2. The molecule has 3 amide bonds. The van der Waals surface area contributed by atoms with E-state index >= 15 is 0 Å². The van der Waals surface area contributed by atoms with Gasteiger partial charge in [0.1, 0.15) is 0 Å². The van der Waals surface area contributed by atoms with E-state index in [0.29, 0.717) is 13.0 Å². The van der Waals surface area contributed by atoms with E-state index in [1.165, 1.54) is 4.90 Å². The van der Waals surface area contributed by atoms with Crippen LogP contribution in [0.3, 0.4) is 0 Å². The number of anilines is 1. The summed E-state index contributed by atoms with van der Waals surface area (Å²) in [4.78, 5) is 28.6. The minimum absolute atomic E-state index is 0.237. The van der Waals surface area contributed by atoms with Crippen LogP contribution in [0.2, 0.25) is 0 Å². The lowest BCUT2D eigenvalue weighted by Crippen LogP contribution is -2.49. The Morgan fingerprint density at radius 1 is 1.39 bits per heavy atom. The first-order valence-corrected chi connectivity index (χ1v) is 6.18. The van der Waals surface area contributed by atoms with Gasteiger partial charge in [0.05, 0.1) is 10.2 Å². The highest BCUT2D eigenvalue weighted by Crippen LogP contribution is 2.25. The Bertz CT molecular complexity index is 652. The minimum Gasteiger partial charge on any atom is -0.304 e. The number of hydrogen-bond acceptors (Lipinski definition) is 3. The molecule has 3 rings (SSSR count). The molecule has 3 heterocycles. The molecule has 1 fully saturated rings. The fourth-order valence-electron chi connectivity index (χ4n) is 1.93. The van der Waals surface area contributed by atoms with Gasteiger partial charge in [0.2, 0.25) is 5.91 Å². The van der Waals surface area contributed by atoms with Gasteiger partial charge in [0.15, 0.2) is 5.65 Å². The molecular formula is C11H9BrN4O2. The number of imide groups is 1. The van der Waals surface area contributed by atoms with Crippen LogP contribution >= 0.6 is 15.9 Å². The van der Waals surface area contributed by atoms with Crippen molar-refractivity contribution in [3.8, 4) is 0 Å². The number of halogens is 1. The van der Waals surface area contributed by atoms with E-state index in [2.05, 4.69) is 26.2 Å². The Hall–Kier alpha value is -1.89. The van der Waals surface area contributed by atoms with Gasteiger partial charge in [-0.25, -0.2) is 9.78 Å². The number of rotatable bonds is 1. The summed E-state index contributed by atoms with van der Waals surface area (Å²) in [7, 11) is 0. The van der Waals surface area contributed by atoms with E-state index in [0.717, 1.165) is 15.8 Å². The Kier molecular flexibility index (Phi) is 2.55. The van der Waals surface area contributed by atoms with Crippen molar-refractivity contribution in [1.82, 2.24) is 14.7 Å². The lowest BCUT2D eigenvalue weighted by molar-refractivity contribution is -0.120. The van der Waals surface area contributed by atoms with Crippen molar-refractivity contribution in [2.75, 3.05) is 11.4 Å². The van der Waals surface area contributed by atoms with Gasteiger partial charge in [0.25, 0.3) is 0 Å². The standard InChI is InChI=1S/C11H9BrN4O2/c12-8-5-7(6-15-4-2-13-10(8)15)16-3-1-9(17)14-11(16)18/h2,4-6H,1,3H2,(H,14,17,18). The lowest BCUT2D eigenvalue weighted by atomic mass is 10.2. The van der Waals surface area contributed by atoms with Gasteiger partial charge in [-0.1, -0.05) is 0 Å². The molecule has 2 aromatic rings. The second-order valence-corrected chi connectivity index (χ2v) is 4.81. The molecule has 1 aliphatic rings. The molecule has 0 bridgehead atoms. The number of urea groups is 1. The van der Waals surface area contributed by atoms with Crippen LogP contribution in [0.1, 0.15) is 6.42 Å². The molecule has 0 unspecified atom stereocenters. The van der Waals surface area contributed by atoms with Gasteiger partial charge < -0.3 is 4.40 Å². The van der Waals surface area contributed by atoms with Crippen LogP contribution in [0, 0.1) is 0 Å². The number of carbonyl (C=O) groups is 2. The number of amides is 3. The molecule has 7 heteroatoms. The number of pyridine rings is 1. The van der Waals surface area contributed by atoms with Crippen LogP contribution in [-0.2, 0) is 4.79 Å². The summed E-state index contributed by atoms with van der Waals surface area (Å²) in [6.07, 6.45) is 5.61. The van der Waals surface area contributed by atoms with Gasteiger partial charge in [-0.05, 0) is 22.0 Å². The van der Waals surface area contributed by atoms with E-state index in [4.69, 9.17) is 0 Å². The first-order chi connectivity index (χ1) is 8.65. The van der Waals surface area contributed by atoms with Crippen molar-refractivity contribution in [1.29, 1.82) is 0 Å². The van der Waals surface area contributed by atoms with Crippen molar-refractivity contribution < 1.29 is 9.59 Å². The largest absolute Gasteiger partial charge is 0.328 e. The Morgan fingerprint density at radius 3 is 3.00 bits per heavy atom. The van der Waals surface area contributed by atoms with Gasteiger partial charge >= 0.3 is 6.03 Å². The molecule has 0 aromatic carbocycles. The fraction of sp³-hybridized carbons (Fsp3) is 0.182. The van der Waals surface area contributed by atoms with E-state index in [9.17, 15) is 9.59 Å². The van der Waals surface area contributed by atoms with Gasteiger partial charge in [-0.3, -0.25) is 15.0 Å². The van der Waals surface area contributed by atoms with Gasteiger partial charge in [0, 0.05) is 31.6 Å². The first-order valence-electron chi connectivity index (χ1n) is 5.39. The number of nitrogens with zero attached hydrogens (tertiary/aromatic N) is 3. The van der Waals surface area contributed by atoms with Crippen LogP contribution in [0.25, 0.3) is 5.65 Å². The summed E-state index contributed by atoms with van der Waals surface area (Å²) < 4.78 is 2.62. The molecule has 0 spiro atoms. The molecular weight excluding hydrogens is 300 g/mol. The molecule has 18 heavy (non-hydrogen) atoms. The van der Waals surface area contributed by atoms with Crippen LogP contribution in [-0.4, -0.2) is 27.9 Å². The zero-order chi connectivity index (χ0) is 12.7. The minimum atomic E-state index is -0.391. The molecule has 1 N–H and O–H groups in total. The zero-order valence-electron chi connectivity index (χ0n) is 9.26. The average molecular weight is 309 g/mol. The second-order valence-electron chi connectivity index (χ2n) is 3.96. The Labute approximate surface area is 111 Å². The molecule has 92 valence electrons. The molecule has 1 aliphatic heterocycles. The Morgan fingerprint density at radius 2 is 2.22 bits per heavy atom. The van der Waals surface area contributed by atoms with Crippen molar-refractivity contribution >= 4 is 39.2 Å². The van der Waals surface area contributed by atoms with E-state index < -0.39 is 6.03 Å². The molecule has 0 atom stereocenters. The lowest BCUT2D eigenvalue weighted by Gasteiger charge is -2.26. The van der Waals surface area contributed by atoms with Crippen LogP contribution in [0.4, 0.5) is 10.5 Å². The molecule has 0 radical (unpaired) electrons. The monoisotopic (exact) mass is 308 g/mol. The third-order valence-electron chi connectivity index (χ3n) is 2.79. The summed E-state index contributed by atoms with van der Waals surface area (Å²) in [5, 5.41) is 2.30. The maximum atomic E-state index is 11.7. The summed E-state index contributed by atoms with van der Waals surface area (Å²) >= 11 is 3.42. The highest BCUT2D eigenvalue weighted by molar-refractivity contribution is 9.10. The second kappa shape index (κ2) is 4.09. The molecule has 1 saturated heterocycles. The van der Waals surface area contributed by atoms with E-state index in [-0.39, 0.29) is 5.91 Å². The van der Waals surface area contributed by atoms with E-state index in [1.54, 1.807) is 12.4 Å². The van der Waals surface area contributed by atoms with Crippen LogP contribution in [0.5, 0.6) is 0 Å². The topological polar surface area (TPSA) is 66.7 Å². The van der Waals surface area contributed by atoms with Crippen LogP contribution < -0.4 is 10.2 Å². The maximum absolute atomic E-state index is 11.7. The number of imidazole rings is 1. The maximum Gasteiger partial charge on any atom is 0.328 e. The number of nitrogens with one attached hydrogen (secondary N) is 1. The number of hydrogen-bond donors (Lipinski definition) is 1. The molecule has 0 aliphatic carbocycles. The van der Waals surface area contributed by atoms with Crippen molar-refractivity contribution in [3.05, 3.63) is 29.1 Å². The molecule has 0 saturated carbocycles. The summed E-state index contributed by atoms with van der Waals surface area (Å²) in [6.45, 7) is 0.386. The third kappa shape index (κ3) is 1.76. The fourth-order valence-corrected chi connectivity index (χ4v) is 2.48. The summed E-state index contributed by atoms with van der Waals surface area (Å²) in [6, 6.07) is 1.43. The predicted molar refractivity (Wildman–Crippen MR) is 68.4 cm³/mol. The quantitative estimate of drug-likeness (QED) is 0.869. The Balaban J connectivity index is 2.03. The summed E-state index contributed by atoms with van der Waals surface area (Å²) in [5.74, 6) is -0.237. The van der Waals surface area contributed by atoms with Crippen molar-refractivity contribution in [3.63, 3.8) is 0 Å². The normalized spacial score (nSPS) is 16.2. The smallest absolute Gasteiger partial charge is 0.304 e. The van der Waals surface area contributed by atoms with Crippen LogP contribution in [0.15, 0.2) is 29.1 Å². The van der Waals surface area contributed by atoms with Crippen molar-refractivity contribution in [2.45, 2.75) is 6.42 Å². The highest BCUT2D eigenvalue weighted by Gasteiger charge is 2.24. The van der Waals surface area contributed by atoms with E-state index in [1.807, 2.05) is 16.7 Å². The van der Waals surface area contributed by atoms with Gasteiger partial charge in [-0.2, -0.15) is 0 Å². The predicted octanol–water partition coefficient (Wildman–Crippen LogP) is 1.54. The number of carbonyl (C=O) groups excluding carboxylic acids is 2. The highest BCUT2D eigenvalue weighted by atomic mass is 79.9. The summed E-state index contributed by atoms with van der Waals surface area (Å²) in [5.41, 5.74) is 1.50. The SMILES string of the molecule is O=C1CCN(c2cc(Br)c3nccn3c2)C(=O)N1.